The predicted octanol–water partition coefficient (Wildman–Crippen LogP) is 1.94. The summed E-state index contributed by atoms with van der Waals surface area (Å²) >= 11 is 0. The minimum absolute atomic E-state index is 0.0220. The third-order valence-corrected chi connectivity index (χ3v) is 3.37. The van der Waals surface area contributed by atoms with Gasteiger partial charge in [0.25, 0.3) is 0 Å². The Labute approximate surface area is 124 Å². The van der Waals surface area contributed by atoms with Crippen molar-refractivity contribution in [1.29, 1.82) is 0 Å². The first-order valence-electron chi connectivity index (χ1n) is 7.03. The minimum Gasteiger partial charge on any atom is -0.486 e. The molecule has 0 bridgehead atoms. The lowest BCUT2D eigenvalue weighted by molar-refractivity contribution is -0.140. The largest absolute Gasteiger partial charge is 0.486 e. The van der Waals surface area contributed by atoms with Crippen LogP contribution in [-0.2, 0) is 9.53 Å². The molecule has 0 fully saturated rings. The molecular weight excluding hydrogens is 272 g/mol. The molecule has 21 heavy (non-hydrogen) atoms. The molecule has 1 aliphatic heterocycles. The molecule has 114 valence electrons. The van der Waals surface area contributed by atoms with Crippen LogP contribution in [0.1, 0.15) is 19.8 Å². The van der Waals surface area contributed by atoms with E-state index in [0.717, 1.165) is 12.1 Å². The fourth-order valence-electron chi connectivity index (χ4n) is 2.17. The molecule has 6 heteroatoms. The van der Waals surface area contributed by atoms with Crippen LogP contribution in [0.3, 0.4) is 0 Å². The maximum absolute atomic E-state index is 12.3. The molecule has 1 heterocycles. The Morgan fingerprint density at radius 3 is 2.90 bits per heavy atom. The fourth-order valence-corrected chi connectivity index (χ4v) is 2.17. The third-order valence-electron chi connectivity index (χ3n) is 3.37. The Balaban J connectivity index is 2.04. The summed E-state index contributed by atoms with van der Waals surface area (Å²) in [5, 5.41) is 2.73. The van der Waals surface area contributed by atoms with E-state index in [0.29, 0.717) is 12.3 Å². The maximum Gasteiger partial charge on any atom is 0.322 e. The molecule has 6 nitrogen and oxygen atoms in total. The lowest BCUT2D eigenvalue weighted by Crippen LogP contribution is -2.48. The molecule has 1 unspecified atom stereocenters. The van der Waals surface area contributed by atoms with E-state index in [4.69, 9.17) is 4.74 Å². The van der Waals surface area contributed by atoms with Gasteiger partial charge in [0.15, 0.2) is 0 Å². The van der Waals surface area contributed by atoms with Gasteiger partial charge in [0.05, 0.1) is 25.8 Å². The summed E-state index contributed by atoms with van der Waals surface area (Å²) in [6, 6.07) is 7.22. The molecule has 0 spiro atoms. The zero-order chi connectivity index (χ0) is 15.2. The third kappa shape index (κ3) is 3.65. The van der Waals surface area contributed by atoms with Crippen molar-refractivity contribution in [3.63, 3.8) is 0 Å². The number of ether oxygens (including phenoxy) is 2. The highest BCUT2D eigenvalue weighted by atomic mass is 16.5. The number of urea groups is 1. The molecule has 1 atom stereocenters. The van der Waals surface area contributed by atoms with E-state index >= 15 is 0 Å². The molecule has 0 radical (unpaired) electrons. The van der Waals surface area contributed by atoms with Crippen LogP contribution in [0, 0.1) is 0 Å². The van der Waals surface area contributed by atoms with Crippen LogP contribution in [0.25, 0.3) is 0 Å². The number of para-hydroxylation sites is 2. The highest BCUT2D eigenvalue weighted by Gasteiger charge is 2.28. The van der Waals surface area contributed by atoms with Gasteiger partial charge < -0.3 is 14.8 Å². The zero-order valence-electron chi connectivity index (χ0n) is 12.3. The number of esters is 1. The van der Waals surface area contributed by atoms with E-state index in [9.17, 15) is 9.59 Å². The molecular formula is C15H20N2O4. The molecule has 2 amide bonds. The first-order valence-corrected chi connectivity index (χ1v) is 7.03. The Hall–Kier alpha value is -2.24. The molecule has 0 saturated heterocycles. The number of anilines is 1. The number of rotatable bonds is 4. The van der Waals surface area contributed by atoms with Crippen molar-refractivity contribution in [2.24, 2.45) is 0 Å². The number of amides is 2. The van der Waals surface area contributed by atoms with E-state index in [1.807, 2.05) is 31.2 Å². The molecule has 1 aromatic carbocycles. The Morgan fingerprint density at radius 2 is 2.19 bits per heavy atom. The standard InChI is InChI=1S/C15H20N2O4/c1-3-11-10-17(12-6-4-5-7-13(12)21-11)15(19)16-9-8-14(18)20-2/h4-7,11H,3,8-10H2,1-2H3,(H,16,19). The van der Waals surface area contributed by atoms with Crippen molar-refractivity contribution in [3.8, 4) is 5.75 Å². The van der Waals surface area contributed by atoms with E-state index in [1.54, 1.807) is 4.90 Å². The second kappa shape index (κ2) is 6.97. The van der Waals surface area contributed by atoms with Gasteiger partial charge in [-0.1, -0.05) is 19.1 Å². The molecule has 0 aromatic heterocycles. The summed E-state index contributed by atoms with van der Waals surface area (Å²) in [7, 11) is 1.33. The Morgan fingerprint density at radius 1 is 1.43 bits per heavy atom. The SMILES string of the molecule is CCC1CN(C(=O)NCCC(=O)OC)c2ccccc2O1. The van der Waals surface area contributed by atoms with Crippen LogP contribution in [0.5, 0.6) is 5.75 Å². The number of nitrogens with zero attached hydrogens (tertiary/aromatic N) is 1. The number of benzene rings is 1. The van der Waals surface area contributed by atoms with Gasteiger partial charge >= 0.3 is 12.0 Å². The summed E-state index contributed by atoms with van der Waals surface area (Å²) in [6.45, 7) is 2.77. The number of carbonyl (C=O) groups is 2. The van der Waals surface area contributed by atoms with Crippen LogP contribution in [0.4, 0.5) is 10.5 Å². The number of carbonyl (C=O) groups excluding carboxylic acids is 2. The molecule has 0 aliphatic carbocycles. The second-order valence-corrected chi connectivity index (χ2v) is 4.78. The molecule has 2 rings (SSSR count). The summed E-state index contributed by atoms with van der Waals surface area (Å²) < 4.78 is 10.4. The van der Waals surface area contributed by atoms with Crippen molar-refractivity contribution in [2.75, 3.05) is 25.1 Å². The highest BCUT2D eigenvalue weighted by molar-refractivity contribution is 5.94. The quantitative estimate of drug-likeness (QED) is 0.861. The fraction of sp³-hybridized carbons (Fsp3) is 0.467. The number of hydrogen-bond donors (Lipinski definition) is 1. The second-order valence-electron chi connectivity index (χ2n) is 4.78. The van der Waals surface area contributed by atoms with Gasteiger partial charge in [0, 0.05) is 6.54 Å². The monoisotopic (exact) mass is 292 g/mol. The van der Waals surface area contributed by atoms with E-state index < -0.39 is 0 Å². The number of hydrogen-bond acceptors (Lipinski definition) is 4. The Bertz CT molecular complexity index is 518. The first-order chi connectivity index (χ1) is 10.2. The summed E-state index contributed by atoms with van der Waals surface area (Å²) in [5.41, 5.74) is 0.748. The van der Waals surface area contributed by atoms with Gasteiger partial charge in [-0.3, -0.25) is 9.69 Å². The van der Waals surface area contributed by atoms with Gasteiger partial charge in [0.1, 0.15) is 11.9 Å². The van der Waals surface area contributed by atoms with Crippen molar-refractivity contribution in [3.05, 3.63) is 24.3 Å². The van der Waals surface area contributed by atoms with E-state index in [-0.39, 0.29) is 31.1 Å². The van der Waals surface area contributed by atoms with Gasteiger partial charge in [0.2, 0.25) is 0 Å². The van der Waals surface area contributed by atoms with Gasteiger partial charge in [-0.15, -0.1) is 0 Å². The van der Waals surface area contributed by atoms with Crippen molar-refractivity contribution < 1.29 is 19.1 Å². The van der Waals surface area contributed by atoms with Crippen LogP contribution in [0.2, 0.25) is 0 Å². The number of nitrogens with one attached hydrogen (secondary N) is 1. The smallest absolute Gasteiger partial charge is 0.322 e. The van der Waals surface area contributed by atoms with Gasteiger partial charge in [-0.2, -0.15) is 0 Å². The summed E-state index contributed by atoms with van der Waals surface area (Å²) in [4.78, 5) is 25.0. The van der Waals surface area contributed by atoms with Crippen molar-refractivity contribution in [1.82, 2.24) is 5.32 Å². The average Bonchev–Trinajstić information content (AvgIpc) is 2.53. The molecule has 1 aromatic rings. The first kappa shape index (κ1) is 15.2. The number of fused-ring (bicyclic) bond motifs is 1. The lowest BCUT2D eigenvalue weighted by atomic mass is 10.1. The minimum atomic E-state index is -0.343. The molecule has 0 saturated carbocycles. The zero-order valence-corrected chi connectivity index (χ0v) is 12.3. The van der Waals surface area contributed by atoms with E-state index in [1.165, 1.54) is 7.11 Å². The predicted molar refractivity (Wildman–Crippen MR) is 78.5 cm³/mol. The maximum atomic E-state index is 12.3. The summed E-state index contributed by atoms with van der Waals surface area (Å²) in [6.07, 6.45) is 0.956. The van der Waals surface area contributed by atoms with Crippen molar-refractivity contribution >= 4 is 17.7 Å². The lowest BCUT2D eigenvalue weighted by Gasteiger charge is -2.34. The normalized spacial score (nSPS) is 16.7. The molecule has 1 N–H and O–H groups in total. The van der Waals surface area contributed by atoms with Gasteiger partial charge in [-0.25, -0.2) is 4.79 Å². The van der Waals surface area contributed by atoms with Crippen LogP contribution < -0.4 is 15.0 Å². The average molecular weight is 292 g/mol. The van der Waals surface area contributed by atoms with Gasteiger partial charge in [-0.05, 0) is 18.6 Å². The topological polar surface area (TPSA) is 67.9 Å². The van der Waals surface area contributed by atoms with E-state index in [2.05, 4.69) is 10.1 Å². The van der Waals surface area contributed by atoms with Crippen molar-refractivity contribution in [2.45, 2.75) is 25.9 Å². The van der Waals surface area contributed by atoms with Crippen LogP contribution in [-0.4, -0.2) is 38.3 Å². The highest BCUT2D eigenvalue weighted by Crippen LogP contribution is 2.33. The molecule has 1 aliphatic rings. The van der Waals surface area contributed by atoms with Crippen LogP contribution >= 0.6 is 0 Å². The van der Waals surface area contributed by atoms with Crippen LogP contribution in [0.15, 0.2) is 24.3 Å². The summed E-state index contributed by atoms with van der Waals surface area (Å²) in [5.74, 6) is 0.364. The Kier molecular flexibility index (Phi) is 5.03. The number of methoxy groups -OCH3 is 1.